The first-order valence-corrected chi connectivity index (χ1v) is 13.0. The van der Waals surface area contributed by atoms with Crippen LogP contribution in [-0.2, 0) is 0 Å². The van der Waals surface area contributed by atoms with Crippen LogP contribution >= 0.6 is 23.8 Å². The molecule has 0 amide bonds. The summed E-state index contributed by atoms with van der Waals surface area (Å²) in [4.78, 5) is 0. The molecule has 0 aliphatic heterocycles. The lowest BCUT2D eigenvalue weighted by atomic mass is 9.92. The van der Waals surface area contributed by atoms with Gasteiger partial charge in [-0.15, -0.1) is 23.8 Å². The third-order valence-corrected chi connectivity index (χ3v) is 6.61. The van der Waals surface area contributed by atoms with E-state index in [1.807, 2.05) is 0 Å². The van der Waals surface area contributed by atoms with Crippen molar-refractivity contribution in [2.24, 2.45) is 5.41 Å². The Hall–Kier alpha value is 1.29. The maximum absolute atomic E-state index is 2.45. The Bertz CT molecular complexity index is 138. The number of hydrogen-bond acceptors (Lipinski definition) is 0. The first-order chi connectivity index (χ1) is 6.81. The van der Waals surface area contributed by atoms with E-state index in [9.17, 15) is 0 Å². The van der Waals surface area contributed by atoms with E-state index in [2.05, 4.69) is 46.9 Å². The molecular weight excluding hydrogens is 237 g/mol. The van der Waals surface area contributed by atoms with Gasteiger partial charge in [0.1, 0.15) is 0 Å². The molecule has 0 saturated heterocycles. The van der Waals surface area contributed by atoms with E-state index in [-0.39, 0.29) is 23.8 Å². The SMILES string of the molecule is CCC(CP(C)C)(CP(C)C)CP(C)C. The molecule has 15 heavy (non-hydrogen) atoms. The summed E-state index contributed by atoms with van der Waals surface area (Å²) in [6.07, 6.45) is 5.90. The van der Waals surface area contributed by atoms with E-state index in [0.29, 0.717) is 5.41 Å². The molecule has 0 aromatic rings. The van der Waals surface area contributed by atoms with Crippen LogP contribution in [0.5, 0.6) is 0 Å². The van der Waals surface area contributed by atoms with E-state index in [0.717, 1.165) is 0 Å². The zero-order chi connectivity index (χ0) is 12.1. The summed E-state index contributed by atoms with van der Waals surface area (Å²) in [7, 11) is 0.796. The normalized spacial score (nSPS) is 13.2. The Kier molecular flexibility index (Phi) is 8.24. The molecule has 0 unspecified atom stereocenters. The van der Waals surface area contributed by atoms with Crippen molar-refractivity contribution < 1.29 is 0 Å². The van der Waals surface area contributed by atoms with Gasteiger partial charge in [0.05, 0.1) is 0 Å². The molecule has 0 nitrogen and oxygen atoms in total. The van der Waals surface area contributed by atoms with Gasteiger partial charge in [-0.25, -0.2) is 0 Å². The topological polar surface area (TPSA) is 0 Å². The van der Waals surface area contributed by atoms with Crippen LogP contribution in [0.15, 0.2) is 0 Å². The lowest BCUT2D eigenvalue weighted by Gasteiger charge is -2.38. The van der Waals surface area contributed by atoms with E-state index in [1.54, 1.807) is 0 Å². The van der Waals surface area contributed by atoms with Crippen molar-refractivity contribution in [2.45, 2.75) is 13.3 Å². The van der Waals surface area contributed by atoms with Crippen LogP contribution in [0.4, 0.5) is 0 Å². The third kappa shape index (κ3) is 7.26. The van der Waals surface area contributed by atoms with Crippen molar-refractivity contribution in [3.8, 4) is 0 Å². The largest absolute Gasteiger partial charge is 0.113 e. The smallest absolute Gasteiger partial charge is 0.0183 e. The Balaban J connectivity index is 4.59. The molecule has 0 bridgehead atoms. The zero-order valence-electron chi connectivity index (χ0n) is 11.7. The molecule has 92 valence electrons. The fourth-order valence-corrected chi connectivity index (χ4v) is 8.39. The average Bonchev–Trinajstić information content (AvgIpc) is 1.99. The van der Waals surface area contributed by atoms with Gasteiger partial charge in [-0.3, -0.25) is 0 Å². The standard InChI is InChI=1S/C12H29P3/c1-8-12(9-13(2)3,10-14(4)5)11-15(6)7/h8-11H2,1-7H3. The van der Waals surface area contributed by atoms with Gasteiger partial charge in [0.2, 0.25) is 0 Å². The van der Waals surface area contributed by atoms with Gasteiger partial charge in [-0.2, -0.15) is 0 Å². The van der Waals surface area contributed by atoms with E-state index < -0.39 is 0 Å². The molecule has 0 fully saturated rings. The maximum Gasteiger partial charge on any atom is -0.0183 e. The molecule has 0 radical (unpaired) electrons. The molecule has 0 N–H and O–H groups in total. The molecule has 0 spiro atoms. The van der Waals surface area contributed by atoms with Crippen molar-refractivity contribution >= 4 is 23.8 Å². The van der Waals surface area contributed by atoms with E-state index in [1.165, 1.54) is 24.9 Å². The van der Waals surface area contributed by atoms with Crippen LogP contribution in [0.2, 0.25) is 0 Å². The Morgan fingerprint density at radius 3 is 1.07 bits per heavy atom. The molecule has 0 atom stereocenters. The summed E-state index contributed by atoms with van der Waals surface area (Å²) in [6.45, 7) is 17.1. The first-order valence-electron chi connectivity index (χ1n) is 5.75. The highest BCUT2D eigenvalue weighted by molar-refractivity contribution is 7.58. The van der Waals surface area contributed by atoms with Crippen LogP contribution in [0.25, 0.3) is 0 Å². The van der Waals surface area contributed by atoms with Gasteiger partial charge < -0.3 is 0 Å². The van der Waals surface area contributed by atoms with Crippen molar-refractivity contribution in [3.63, 3.8) is 0 Å². The summed E-state index contributed by atoms with van der Waals surface area (Å²) in [5, 5.41) is 0. The van der Waals surface area contributed by atoms with E-state index >= 15 is 0 Å². The first kappa shape index (κ1) is 16.3. The van der Waals surface area contributed by atoms with Crippen LogP contribution < -0.4 is 0 Å². The monoisotopic (exact) mass is 266 g/mol. The number of rotatable bonds is 7. The lowest BCUT2D eigenvalue weighted by molar-refractivity contribution is 0.420. The van der Waals surface area contributed by atoms with Crippen molar-refractivity contribution in [1.29, 1.82) is 0 Å². The molecule has 0 rings (SSSR count). The summed E-state index contributed by atoms with van der Waals surface area (Å²) in [5.41, 5.74) is 0.694. The fraction of sp³-hybridized carbons (Fsp3) is 1.00. The van der Waals surface area contributed by atoms with Crippen molar-refractivity contribution in [3.05, 3.63) is 0 Å². The summed E-state index contributed by atoms with van der Waals surface area (Å²) >= 11 is 0. The van der Waals surface area contributed by atoms with Crippen LogP contribution in [-0.4, -0.2) is 58.5 Å². The van der Waals surface area contributed by atoms with Crippen molar-refractivity contribution in [1.82, 2.24) is 0 Å². The van der Waals surface area contributed by atoms with Gasteiger partial charge in [0.15, 0.2) is 0 Å². The zero-order valence-corrected chi connectivity index (χ0v) is 14.4. The van der Waals surface area contributed by atoms with Crippen molar-refractivity contribution in [2.75, 3.05) is 58.5 Å². The Morgan fingerprint density at radius 2 is 0.933 bits per heavy atom. The molecule has 0 aromatic heterocycles. The second-order valence-corrected chi connectivity index (χ2v) is 13.0. The molecule has 0 saturated carbocycles. The van der Waals surface area contributed by atoms with Crippen LogP contribution in [0, 0.1) is 5.41 Å². The Morgan fingerprint density at radius 1 is 0.667 bits per heavy atom. The van der Waals surface area contributed by atoms with Gasteiger partial charge >= 0.3 is 0 Å². The lowest BCUT2D eigenvalue weighted by Crippen LogP contribution is -2.30. The van der Waals surface area contributed by atoms with Gasteiger partial charge in [-0.1, -0.05) is 6.92 Å². The number of hydrogen-bond donors (Lipinski definition) is 0. The Labute approximate surface area is 101 Å². The average molecular weight is 266 g/mol. The summed E-state index contributed by atoms with van der Waals surface area (Å²) in [6, 6.07) is 0. The van der Waals surface area contributed by atoms with E-state index in [4.69, 9.17) is 0 Å². The molecule has 0 aliphatic carbocycles. The molecular formula is C12H29P3. The molecule has 0 heterocycles. The highest BCUT2D eigenvalue weighted by atomic mass is 31.1. The van der Waals surface area contributed by atoms with Gasteiger partial charge in [0, 0.05) is 0 Å². The minimum absolute atomic E-state index is 0.265. The van der Waals surface area contributed by atoms with Crippen LogP contribution in [0.1, 0.15) is 13.3 Å². The molecule has 0 aromatic carbocycles. The second kappa shape index (κ2) is 7.58. The molecule has 3 heteroatoms. The molecule has 0 aliphatic rings. The highest BCUT2D eigenvalue weighted by Crippen LogP contribution is 2.49. The summed E-state index contributed by atoms with van der Waals surface area (Å²) in [5.74, 6) is 0. The fourth-order valence-electron chi connectivity index (χ4n) is 2.50. The third-order valence-electron chi connectivity index (χ3n) is 2.70. The van der Waals surface area contributed by atoms with Crippen LogP contribution in [0.3, 0.4) is 0 Å². The quantitative estimate of drug-likeness (QED) is 0.590. The maximum atomic E-state index is 2.45. The minimum atomic E-state index is 0.265. The second-order valence-electron chi connectivity index (χ2n) is 5.57. The predicted octanol–water partition coefficient (Wildman–Crippen LogP) is 4.61. The predicted molar refractivity (Wildman–Crippen MR) is 83.6 cm³/mol. The highest BCUT2D eigenvalue weighted by Gasteiger charge is 2.30. The van der Waals surface area contributed by atoms with Gasteiger partial charge in [0.25, 0.3) is 0 Å². The summed E-state index contributed by atoms with van der Waals surface area (Å²) < 4.78 is 0. The minimum Gasteiger partial charge on any atom is -0.113 e. The van der Waals surface area contributed by atoms with Gasteiger partial charge in [-0.05, 0) is 70.3 Å².